The average Bonchev–Trinajstić information content (AvgIpc) is 3.99. The van der Waals surface area contributed by atoms with Gasteiger partial charge in [-0.2, -0.15) is 0 Å². The highest BCUT2D eigenvalue weighted by molar-refractivity contribution is 7.47. The van der Waals surface area contributed by atoms with E-state index in [9.17, 15) is 23.8 Å². The van der Waals surface area contributed by atoms with Crippen molar-refractivity contribution in [3.8, 4) is 0 Å². The van der Waals surface area contributed by atoms with Gasteiger partial charge in [-0.15, -0.1) is 0 Å². The lowest BCUT2D eigenvalue weighted by Crippen LogP contribution is -2.34. The summed E-state index contributed by atoms with van der Waals surface area (Å²) in [5, 5.41) is 8.90. The Balaban J connectivity index is 2.31. The van der Waals surface area contributed by atoms with Gasteiger partial charge in [0.15, 0.2) is 6.10 Å². The SMILES string of the molecule is CC/C=C\CC1OC1C/C=C\C/C=C\C/C=C\C/C=C\CCC(=O)O[C@H](COC(=O)CCCCCCCCC/C=C\CCCCCCCC)COP(=O)(O)OC[C@H](N)C(=O)O. The van der Waals surface area contributed by atoms with Gasteiger partial charge in [-0.3, -0.25) is 23.4 Å². The Kier molecular flexibility index (Phi) is 35.3. The van der Waals surface area contributed by atoms with Gasteiger partial charge in [-0.1, -0.05) is 151 Å². The Morgan fingerprint density at radius 3 is 1.67 bits per heavy atom. The van der Waals surface area contributed by atoms with Crippen molar-refractivity contribution in [3.63, 3.8) is 0 Å². The molecule has 1 aliphatic rings. The molecule has 0 aromatic rings. The van der Waals surface area contributed by atoms with E-state index < -0.39 is 51.1 Å². The van der Waals surface area contributed by atoms with Gasteiger partial charge in [-0.05, 0) is 77.0 Å². The predicted molar refractivity (Wildman–Crippen MR) is 244 cm³/mol. The molecule has 1 saturated heterocycles. The highest BCUT2D eigenvalue weighted by Gasteiger charge is 2.36. The van der Waals surface area contributed by atoms with Crippen molar-refractivity contribution in [3.05, 3.63) is 72.9 Å². The van der Waals surface area contributed by atoms with Gasteiger partial charge in [0.1, 0.15) is 12.6 Å². The number of carbonyl (C=O) groups is 3. The molecule has 0 saturated carbocycles. The number of carboxylic acids is 1. The lowest BCUT2D eigenvalue weighted by Gasteiger charge is -2.20. The van der Waals surface area contributed by atoms with Gasteiger partial charge in [0.05, 0.1) is 25.4 Å². The fourth-order valence-electron chi connectivity index (χ4n) is 6.13. The minimum absolute atomic E-state index is 0.0288. The van der Waals surface area contributed by atoms with Crippen LogP contribution >= 0.6 is 7.82 Å². The topological polar surface area (TPSA) is 184 Å². The zero-order valence-electron chi connectivity index (χ0n) is 37.4. The van der Waals surface area contributed by atoms with Gasteiger partial charge < -0.3 is 29.9 Å². The van der Waals surface area contributed by atoms with Crippen LogP contribution < -0.4 is 5.73 Å². The van der Waals surface area contributed by atoms with Crippen LogP contribution in [0, 0.1) is 0 Å². The predicted octanol–water partition coefficient (Wildman–Crippen LogP) is 11.5. The molecule has 0 radical (unpaired) electrons. The van der Waals surface area contributed by atoms with Crippen molar-refractivity contribution in [1.82, 2.24) is 0 Å². The Labute approximate surface area is 367 Å². The number of epoxide rings is 1. The lowest BCUT2D eigenvalue weighted by molar-refractivity contribution is -0.161. The number of carboxylic acid groups (broad SMARTS) is 1. The van der Waals surface area contributed by atoms with Gasteiger partial charge >= 0.3 is 25.7 Å². The monoisotopic (exact) mass is 878 g/mol. The molecule has 3 unspecified atom stereocenters. The van der Waals surface area contributed by atoms with E-state index in [-0.39, 0.29) is 19.4 Å². The van der Waals surface area contributed by atoms with Crippen molar-refractivity contribution < 1.29 is 52.2 Å². The molecule has 12 nitrogen and oxygen atoms in total. The third kappa shape index (κ3) is 36.1. The summed E-state index contributed by atoms with van der Waals surface area (Å²) in [6.45, 7) is 2.60. The second kappa shape index (κ2) is 38.5. The lowest BCUT2D eigenvalue weighted by atomic mass is 10.1. The number of ether oxygens (including phenoxy) is 3. The number of unbranched alkanes of at least 4 members (excludes halogenated alkanes) is 13. The summed E-state index contributed by atoms with van der Waals surface area (Å²) in [5.74, 6) is -2.50. The van der Waals surface area contributed by atoms with Crippen molar-refractivity contribution in [1.29, 1.82) is 0 Å². The molecule has 0 amide bonds. The third-order valence-electron chi connectivity index (χ3n) is 9.85. The number of phosphoric acid groups is 1. The highest BCUT2D eigenvalue weighted by atomic mass is 31.2. The normalized spacial score (nSPS) is 17.6. The Morgan fingerprint density at radius 2 is 1.10 bits per heavy atom. The Morgan fingerprint density at radius 1 is 0.607 bits per heavy atom. The summed E-state index contributed by atoms with van der Waals surface area (Å²) in [6.07, 6.45) is 48.7. The molecule has 0 spiro atoms. The molecule has 61 heavy (non-hydrogen) atoms. The van der Waals surface area contributed by atoms with Crippen molar-refractivity contribution >= 4 is 25.7 Å². The molecular formula is C48H80NO11P. The molecule has 0 aromatic carbocycles. The standard InChI is InChI=1S/C48H80NO11P/c1-3-5-7-8-9-10-11-12-13-14-15-16-20-23-26-29-33-37-46(50)56-39-42(40-57-61(54,55)58-41-43(49)48(52)53)59-47(51)38-34-30-27-24-21-18-17-19-22-25-28-32-36-45-44(60-45)35-31-6-4-2/h6,12-13,18-19,21-22,27-28,30-32,42-45H,3-5,7-11,14-17,20,23-26,29,33-41,49H2,1-2H3,(H,52,53)(H,54,55)/b13-12-,21-18-,22-19-,30-27-,31-6-,32-28-/t42-,43+,44?,45?/m1/s1. The van der Waals surface area contributed by atoms with Crippen LogP contribution in [-0.4, -0.2) is 72.1 Å². The molecule has 13 heteroatoms. The van der Waals surface area contributed by atoms with Crippen LogP contribution in [0.25, 0.3) is 0 Å². The van der Waals surface area contributed by atoms with E-state index in [1.807, 2.05) is 18.2 Å². The number of aliphatic carboxylic acids is 1. The maximum Gasteiger partial charge on any atom is 0.472 e. The largest absolute Gasteiger partial charge is 0.480 e. The molecule has 1 rings (SSSR count). The molecule has 348 valence electrons. The minimum atomic E-state index is -4.75. The molecule has 0 bridgehead atoms. The van der Waals surface area contributed by atoms with Crippen LogP contribution in [0.5, 0.6) is 0 Å². The molecule has 1 heterocycles. The van der Waals surface area contributed by atoms with E-state index in [1.165, 1.54) is 64.2 Å². The average molecular weight is 878 g/mol. The summed E-state index contributed by atoms with van der Waals surface area (Å²) in [5.41, 5.74) is 5.33. The molecule has 0 aromatic heterocycles. The molecule has 4 N–H and O–H groups in total. The van der Waals surface area contributed by atoms with Crippen molar-refractivity contribution in [2.75, 3.05) is 19.8 Å². The smallest absolute Gasteiger partial charge is 0.472 e. The molecule has 1 fully saturated rings. The number of rotatable bonds is 41. The number of esters is 2. The maximum absolute atomic E-state index is 12.6. The number of carbonyl (C=O) groups excluding carboxylic acids is 2. The number of hydrogen-bond donors (Lipinski definition) is 3. The minimum Gasteiger partial charge on any atom is -0.480 e. The number of hydrogen-bond acceptors (Lipinski definition) is 10. The van der Waals surface area contributed by atoms with E-state index in [2.05, 4.69) is 73.1 Å². The van der Waals surface area contributed by atoms with Gasteiger partial charge in [-0.25, -0.2) is 4.57 Å². The zero-order valence-corrected chi connectivity index (χ0v) is 38.3. The van der Waals surface area contributed by atoms with Gasteiger partial charge in [0.25, 0.3) is 0 Å². The van der Waals surface area contributed by atoms with Crippen LogP contribution in [0.15, 0.2) is 72.9 Å². The quantitative estimate of drug-likeness (QED) is 0.0174. The van der Waals surface area contributed by atoms with Crippen LogP contribution in [-0.2, 0) is 42.2 Å². The first-order chi connectivity index (χ1) is 29.6. The summed E-state index contributed by atoms with van der Waals surface area (Å²) in [4.78, 5) is 46.0. The molecule has 5 atom stereocenters. The molecule has 1 aliphatic heterocycles. The van der Waals surface area contributed by atoms with E-state index >= 15 is 0 Å². The van der Waals surface area contributed by atoms with E-state index in [0.29, 0.717) is 31.5 Å². The summed E-state index contributed by atoms with van der Waals surface area (Å²) < 4.78 is 38.3. The third-order valence-corrected chi connectivity index (χ3v) is 10.8. The number of nitrogens with two attached hydrogens (primary N) is 1. The molecular weight excluding hydrogens is 797 g/mol. The van der Waals surface area contributed by atoms with Gasteiger partial charge in [0, 0.05) is 12.8 Å². The molecule has 0 aliphatic carbocycles. The second-order valence-corrected chi connectivity index (χ2v) is 17.0. The van der Waals surface area contributed by atoms with Crippen LogP contribution in [0.2, 0.25) is 0 Å². The fourth-order valence-corrected chi connectivity index (χ4v) is 6.90. The fraction of sp³-hybridized carbons (Fsp3) is 0.688. The highest BCUT2D eigenvalue weighted by Crippen LogP contribution is 2.43. The Hall–Kier alpha value is -3.12. The second-order valence-electron chi connectivity index (χ2n) is 15.5. The summed E-state index contributed by atoms with van der Waals surface area (Å²) in [6, 6.07) is -1.54. The van der Waals surface area contributed by atoms with Gasteiger partial charge in [0.2, 0.25) is 0 Å². The van der Waals surface area contributed by atoms with Crippen molar-refractivity contribution in [2.24, 2.45) is 5.73 Å². The van der Waals surface area contributed by atoms with E-state index in [4.69, 9.17) is 29.6 Å². The van der Waals surface area contributed by atoms with E-state index in [1.54, 1.807) is 0 Å². The van der Waals surface area contributed by atoms with Crippen LogP contribution in [0.4, 0.5) is 0 Å². The van der Waals surface area contributed by atoms with E-state index in [0.717, 1.165) is 57.8 Å². The zero-order chi connectivity index (χ0) is 44.7. The first kappa shape index (κ1) is 55.9. The van der Waals surface area contributed by atoms with Crippen LogP contribution in [0.3, 0.4) is 0 Å². The first-order valence-corrected chi connectivity index (χ1v) is 24.6. The summed E-state index contributed by atoms with van der Waals surface area (Å²) in [7, 11) is -4.75. The number of allylic oxidation sites excluding steroid dienone is 10. The summed E-state index contributed by atoms with van der Waals surface area (Å²) >= 11 is 0. The first-order valence-electron chi connectivity index (χ1n) is 23.1. The van der Waals surface area contributed by atoms with Crippen molar-refractivity contribution in [2.45, 2.75) is 192 Å². The number of phosphoric ester groups is 1. The Bertz CT molecular complexity index is 1370. The van der Waals surface area contributed by atoms with Crippen LogP contribution in [0.1, 0.15) is 168 Å². The maximum atomic E-state index is 12.6.